The zero-order chi connectivity index (χ0) is 30.1. The van der Waals surface area contributed by atoms with Crippen LogP contribution in [0.3, 0.4) is 0 Å². The first-order valence-corrected chi connectivity index (χ1v) is 13.1. The number of hydrogen-bond acceptors (Lipinski definition) is 7. The minimum Gasteiger partial charge on any atom is -0.481 e. The van der Waals surface area contributed by atoms with Crippen LogP contribution in [0.1, 0.15) is 37.9 Å². The van der Waals surface area contributed by atoms with Gasteiger partial charge < -0.3 is 41.9 Å². The Labute approximate surface area is 235 Å². The number of carboxylic acid groups (broad SMARTS) is 2. The molecule has 5 unspecified atom stereocenters. The van der Waals surface area contributed by atoms with Crippen LogP contribution in [-0.4, -0.2) is 79.0 Å². The molecule has 5 atom stereocenters. The summed E-state index contributed by atoms with van der Waals surface area (Å²) in [6, 6.07) is 2.31. The second kappa shape index (κ2) is 14.1. The highest BCUT2D eigenvalue weighted by Gasteiger charge is 2.33. The monoisotopic (exact) mass is 569 g/mol. The van der Waals surface area contributed by atoms with E-state index in [-0.39, 0.29) is 12.8 Å². The van der Waals surface area contributed by atoms with Crippen LogP contribution in [0.4, 0.5) is 0 Å². The molecule has 0 saturated heterocycles. The van der Waals surface area contributed by atoms with Gasteiger partial charge in [0, 0.05) is 41.8 Å². The second-order valence-corrected chi connectivity index (χ2v) is 9.88. The van der Waals surface area contributed by atoms with Gasteiger partial charge in [0.05, 0.1) is 18.8 Å². The lowest BCUT2D eigenvalue weighted by Gasteiger charge is -2.27. The van der Waals surface area contributed by atoms with Crippen molar-refractivity contribution in [2.75, 3.05) is 0 Å². The Kier molecular flexibility index (Phi) is 10.6. The molecule has 2 heterocycles. The minimum atomic E-state index is -1.38. The van der Waals surface area contributed by atoms with Gasteiger partial charge in [-0.25, -0.2) is 9.78 Å². The molecule has 0 fully saturated rings. The van der Waals surface area contributed by atoms with E-state index in [2.05, 4.69) is 30.9 Å². The summed E-state index contributed by atoms with van der Waals surface area (Å²) in [4.78, 5) is 72.3. The van der Waals surface area contributed by atoms with E-state index in [4.69, 9.17) is 10.8 Å². The fourth-order valence-corrected chi connectivity index (χ4v) is 4.32. The lowest BCUT2D eigenvalue weighted by atomic mass is 9.97. The number of H-pyrrole nitrogens is 2. The number of para-hydroxylation sites is 1. The van der Waals surface area contributed by atoms with Gasteiger partial charge in [-0.2, -0.15) is 0 Å². The van der Waals surface area contributed by atoms with Gasteiger partial charge in [0.15, 0.2) is 0 Å². The van der Waals surface area contributed by atoms with Gasteiger partial charge >= 0.3 is 11.9 Å². The van der Waals surface area contributed by atoms with Gasteiger partial charge in [0.2, 0.25) is 17.7 Å². The number of aliphatic carboxylic acids is 2. The predicted molar refractivity (Wildman–Crippen MR) is 147 cm³/mol. The van der Waals surface area contributed by atoms with Gasteiger partial charge in [0.25, 0.3) is 0 Å². The largest absolute Gasteiger partial charge is 0.481 e. The molecule has 9 N–H and O–H groups in total. The van der Waals surface area contributed by atoms with E-state index in [1.165, 1.54) is 12.5 Å². The number of nitrogens with two attached hydrogens (primary N) is 1. The number of carbonyl (C=O) groups is 5. The van der Waals surface area contributed by atoms with Gasteiger partial charge in [0.1, 0.15) is 18.1 Å². The molecular weight excluding hydrogens is 534 g/mol. The SMILES string of the molecule is CCC(C)C(NC(=O)C(N)CC(=O)O)C(=O)NC(Cc1cnc[nH]1)C(=O)NC(Cc1c[nH]c2ccccc12)C(=O)O. The van der Waals surface area contributed by atoms with Crippen molar-refractivity contribution < 1.29 is 34.2 Å². The van der Waals surface area contributed by atoms with Gasteiger partial charge in [-0.3, -0.25) is 19.2 Å². The van der Waals surface area contributed by atoms with Crippen LogP contribution < -0.4 is 21.7 Å². The van der Waals surface area contributed by atoms with Gasteiger partial charge in [-0.05, 0) is 17.5 Å². The zero-order valence-electron chi connectivity index (χ0n) is 22.7. The first-order valence-electron chi connectivity index (χ1n) is 13.1. The zero-order valence-corrected chi connectivity index (χ0v) is 22.7. The number of rotatable bonds is 15. The van der Waals surface area contributed by atoms with Crippen LogP contribution in [0.5, 0.6) is 0 Å². The van der Waals surface area contributed by atoms with Crippen molar-refractivity contribution in [3.63, 3.8) is 0 Å². The van der Waals surface area contributed by atoms with E-state index in [1.807, 2.05) is 24.3 Å². The molecule has 41 heavy (non-hydrogen) atoms. The maximum Gasteiger partial charge on any atom is 0.326 e. The summed E-state index contributed by atoms with van der Waals surface area (Å²) in [5, 5.41) is 27.3. The Morgan fingerprint density at radius 3 is 2.29 bits per heavy atom. The van der Waals surface area contributed by atoms with E-state index in [1.54, 1.807) is 20.0 Å². The summed E-state index contributed by atoms with van der Waals surface area (Å²) in [7, 11) is 0. The molecule has 14 heteroatoms. The normalized spacial score (nSPS) is 14.8. The van der Waals surface area contributed by atoms with Crippen molar-refractivity contribution in [2.45, 2.75) is 63.7 Å². The molecule has 3 aromatic rings. The molecule has 220 valence electrons. The Hall–Kier alpha value is -4.72. The molecule has 1 aromatic carbocycles. The number of hydrogen-bond donors (Lipinski definition) is 8. The minimum absolute atomic E-state index is 0.0111. The molecule has 14 nitrogen and oxygen atoms in total. The highest BCUT2D eigenvalue weighted by molar-refractivity contribution is 5.95. The van der Waals surface area contributed by atoms with Crippen LogP contribution in [0.2, 0.25) is 0 Å². The number of nitrogens with zero attached hydrogens (tertiary/aromatic N) is 1. The number of amides is 3. The smallest absolute Gasteiger partial charge is 0.326 e. The Bertz CT molecular complexity index is 1370. The molecule has 0 aliphatic rings. The molecular formula is C27H35N7O7. The number of carbonyl (C=O) groups excluding carboxylic acids is 3. The fourth-order valence-electron chi connectivity index (χ4n) is 4.32. The number of nitrogens with one attached hydrogen (secondary N) is 5. The van der Waals surface area contributed by atoms with Crippen LogP contribution >= 0.6 is 0 Å². The number of aromatic nitrogens is 3. The average Bonchev–Trinajstić information content (AvgIpc) is 3.59. The maximum absolute atomic E-state index is 13.4. The van der Waals surface area contributed by atoms with Crippen LogP contribution in [-0.2, 0) is 36.8 Å². The summed E-state index contributed by atoms with van der Waals surface area (Å²) >= 11 is 0. The van der Waals surface area contributed by atoms with E-state index in [0.29, 0.717) is 17.7 Å². The highest BCUT2D eigenvalue weighted by atomic mass is 16.4. The Morgan fingerprint density at radius 1 is 0.951 bits per heavy atom. The quantitative estimate of drug-likeness (QED) is 0.123. The van der Waals surface area contributed by atoms with Crippen molar-refractivity contribution in [3.8, 4) is 0 Å². The summed E-state index contributed by atoms with van der Waals surface area (Å²) in [6.07, 6.45) is 4.33. The molecule has 0 saturated carbocycles. The van der Waals surface area contributed by atoms with Crippen molar-refractivity contribution >= 4 is 40.6 Å². The number of imidazole rings is 1. The van der Waals surface area contributed by atoms with Gasteiger partial charge in [-0.1, -0.05) is 38.5 Å². The third-order valence-electron chi connectivity index (χ3n) is 6.85. The van der Waals surface area contributed by atoms with Crippen molar-refractivity contribution in [2.24, 2.45) is 11.7 Å². The number of benzene rings is 1. The van der Waals surface area contributed by atoms with E-state index in [9.17, 15) is 29.1 Å². The lowest BCUT2D eigenvalue weighted by Crippen LogP contribution is -2.59. The third-order valence-corrected chi connectivity index (χ3v) is 6.85. The number of carboxylic acids is 2. The van der Waals surface area contributed by atoms with Crippen molar-refractivity contribution in [1.82, 2.24) is 30.9 Å². The lowest BCUT2D eigenvalue weighted by molar-refractivity contribution is -0.142. The van der Waals surface area contributed by atoms with Crippen molar-refractivity contribution in [1.29, 1.82) is 0 Å². The van der Waals surface area contributed by atoms with Crippen LogP contribution in [0, 0.1) is 5.92 Å². The molecule has 0 radical (unpaired) electrons. The summed E-state index contributed by atoms with van der Waals surface area (Å²) in [5.74, 6) is -5.22. The van der Waals surface area contributed by atoms with E-state index < -0.39 is 66.2 Å². The Morgan fingerprint density at radius 2 is 1.66 bits per heavy atom. The second-order valence-electron chi connectivity index (χ2n) is 9.88. The van der Waals surface area contributed by atoms with Crippen LogP contribution in [0.25, 0.3) is 10.9 Å². The summed E-state index contributed by atoms with van der Waals surface area (Å²) in [5.41, 5.74) is 7.68. The van der Waals surface area contributed by atoms with E-state index in [0.717, 1.165) is 10.9 Å². The van der Waals surface area contributed by atoms with Crippen LogP contribution in [0.15, 0.2) is 43.0 Å². The Balaban J connectivity index is 1.79. The fraction of sp³-hybridized carbons (Fsp3) is 0.407. The van der Waals surface area contributed by atoms with E-state index >= 15 is 0 Å². The molecule has 0 aliphatic heterocycles. The standard InChI is InChI=1S/C27H35N7O7/c1-3-14(2)23(34-24(37)18(28)10-22(35)36)26(39)32-20(9-16-12-29-13-31-16)25(38)33-21(27(40)41)8-15-11-30-19-7-5-4-6-17(15)19/h4-7,11-14,18,20-21,23,30H,3,8-10,28H2,1-2H3,(H,29,31)(H,32,39)(H,33,38)(H,34,37)(H,35,36)(H,40,41). The molecule has 3 amide bonds. The average molecular weight is 570 g/mol. The molecule has 0 aliphatic carbocycles. The van der Waals surface area contributed by atoms with Crippen molar-refractivity contribution in [3.05, 3.63) is 54.2 Å². The highest BCUT2D eigenvalue weighted by Crippen LogP contribution is 2.19. The first kappa shape index (κ1) is 30.8. The molecule has 2 aromatic heterocycles. The predicted octanol–water partition coefficient (Wildman–Crippen LogP) is 0.0633. The molecule has 0 spiro atoms. The van der Waals surface area contributed by atoms with Gasteiger partial charge in [-0.15, -0.1) is 0 Å². The molecule has 0 bridgehead atoms. The maximum atomic E-state index is 13.4. The number of fused-ring (bicyclic) bond motifs is 1. The summed E-state index contributed by atoms with van der Waals surface area (Å²) < 4.78 is 0. The number of aromatic amines is 2. The third kappa shape index (κ3) is 8.38. The topological polar surface area (TPSA) is 232 Å². The first-order chi connectivity index (χ1) is 19.5. The molecule has 3 rings (SSSR count). The summed E-state index contributed by atoms with van der Waals surface area (Å²) in [6.45, 7) is 3.50.